The minimum Gasteiger partial charge on any atom is -0.505 e. The van der Waals surface area contributed by atoms with Gasteiger partial charge in [0.2, 0.25) is 0 Å². The van der Waals surface area contributed by atoms with Crippen LogP contribution in [0.3, 0.4) is 0 Å². The van der Waals surface area contributed by atoms with E-state index >= 15 is 0 Å². The molecule has 2 heterocycles. The molecule has 0 radical (unpaired) electrons. The summed E-state index contributed by atoms with van der Waals surface area (Å²) >= 11 is 0. The molecule has 0 bridgehead atoms. The lowest BCUT2D eigenvalue weighted by Gasteiger charge is -2.17. The molecule has 1 aliphatic heterocycles. The van der Waals surface area contributed by atoms with Gasteiger partial charge in [-0.1, -0.05) is 12.1 Å². The summed E-state index contributed by atoms with van der Waals surface area (Å²) in [6.07, 6.45) is 0.722. The number of likely N-dealkylation sites (tertiary alicyclic amines) is 1. The van der Waals surface area contributed by atoms with Crippen LogP contribution in [-0.4, -0.2) is 52.0 Å². The first-order valence-electron chi connectivity index (χ1n) is 7.72. The quantitative estimate of drug-likeness (QED) is 0.912. The van der Waals surface area contributed by atoms with Crippen LogP contribution >= 0.6 is 0 Å². The number of amides is 1. The number of ether oxygens (including phenoxy) is 1. The fourth-order valence-corrected chi connectivity index (χ4v) is 2.80. The number of aromatic nitrogens is 2. The van der Waals surface area contributed by atoms with Crippen LogP contribution in [0.5, 0.6) is 5.75 Å². The van der Waals surface area contributed by atoms with Gasteiger partial charge in [0.05, 0.1) is 11.8 Å². The molecule has 1 N–H and O–H groups in total. The van der Waals surface area contributed by atoms with Gasteiger partial charge in [0.25, 0.3) is 11.5 Å². The SMILES string of the molecule is COC1CCN(C(=O)c2nn(-c3cccc(C)c3)c(=O)cc2O)C1. The van der Waals surface area contributed by atoms with Gasteiger partial charge >= 0.3 is 0 Å². The van der Waals surface area contributed by atoms with E-state index in [1.165, 1.54) is 0 Å². The first kappa shape index (κ1) is 16.2. The van der Waals surface area contributed by atoms with E-state index < -0.39 is 17.2 Å². The summed E-state index contributed by atoms with van der Waals surface area (Å²) in [5.41, 5.74) is 0.883. The van der Waals surface area contributed by atoms with Crippen molar-refractivity contribution in [2.75, 3.05) is 20.2 Å². The molecule has 3 rings (SSSR count). The number of hydrogen-bond acceptors (Lipinski definition) is 5. The Balaban J connectivity index is 1.99. The highest BCUT2D eigenvalue weighted by Gasteiger charge is 2.29. The van der Waals surface area contributed by atoms with E-state index in [0.717, 1.165) is 22.7 Å². The van der Waals surface area contributed by atoms with E-state index in [-0.39, 0.29) is 11.8 Å². The monoisotopic (exact) mass is 329 g/mol. The number of hydrogen-bond donors (Lipinski definition) is 1. The van der Waals surface area contributed by atoms with Crippen LogP contribution in [-0.2, 0) is 4.74 Å². The number of aromatic hydroxyl groups is 1. The van der Waals surface area contributed by atoms with Crippen LogP contribution in [0.2, 0.25) is 0 Å². The number of methoxy groups -OCH3 is 1. The lowest BCUT2D eigenvalue weighted by Crippen LogP contribution is -2.33. The van der Waals surface area contributed by atoms with Gasteiger partial charge in [-0.25, -0.2) is 0 Å². The maximum absolute atomic E-state index is 12.6. The van der Waals surface area contributed by atoms with Gasteiger partial charge in [-0.05, 0) is 31.0 Å². The summed E-state index contributed by atoms with van der Waals surface area (Å²) in [4.78, 5) is 26.3. The van der Waals surface area contributed by atoms with Crippen LogP contribution in [0.4, 0.5) is 0 Å². The molecule has 1 aromatic heterocycles. The van der Waals surface area contributed by atoms with Crippen molar-refractivity contribution in [3.63, 3.8) is 0 Å². The third kappa shape index (κ3) is 3.03. The van der Waals surface area contributed by atoms with Crippen molar-refractivity contribution in [1.82, 2.24) is 14.7 Å². The summed E-state index contributed by atoms with van der Waals surface area (Å²) in [6.45, 7) is 2.87. The Morgan fingerprint density at radius 1 is 1.38 bits per heavy atom. The van der Waals surface area contributed by atoms with E-state index in [9.17, 15) is 14.7 Å². The molecule has 126 valence electrons. The highest BCUT2D eigenvalue weighted by Crippen LogP contribution is 2.19. The largest absolute Gasteiger partial charge is 0.505 e. The van der Waals surface area contributed by atoms with E-state index in [2.05, 4.69) is 5.10 Å². The summed E-state index contributed by atoms with van der Waals surface area (Å²) in [5.74, 6) is -0.816. The van der Waals surface area contributed by atoms with Gasteiger partial charge in [-0.3, -0.25) is 9.59 Å². The molecule has 0 aliphatic carbocycles. The Bertz CT molecular complexity index is 831. The van der Waals surface area contributed by atoms with Crippen LogP contribution in [0.15, 0.2) is 35.1 Å². The van der Waals surface area contributed by atoms with Gasteiger partial charge in [0, 0.05) is 26.3 Å². The fraction of sp³-hybridized carbons (Fsp3) is 0.353. The molecule has 1 atom stereocenters. The summed E-state index contributed by atoms with van der Waals surface area (Å²) < 4.78 is 6.38. The molecule has 24 heavy (non-hydrogen) atoms. The average Bonchev–Trinajstić information content (AvgIpc) is 3.03. The van der Waals surface area contributed by atoms with E-state index in [0.29, 0.717) is 18.8 Å². The third-order valence-corrected chi connectivity index (χ3v) is 4.13. The number of aryl methyl sites for hydroxylation is 1. The highest BCUT2D eigenvalue weighted by molar-refractivity contribution is 5.94. The third-order valence-electron chi connectivity index (χ3n) is 4.13. The van der Waals surface area contributed by atoms with Crippen molar-refractivity contribution in [1.29, 1.82) is 0 Å². The van der Waals surface area contributed by atoms with E-state index in [1.807, 2.05) is 13.0 Å². The number of nitrogens with zero attached hydrogens (tertiary/aromatic N) is 3. The molecule has 1 fully saturated rings. The number of benzene rings is 1. The van der Waals surface area contributed by atoms with Crippen LogP contribution in [0, 0.1) is 6.92 Å². The zero-order chi connectivity index (χ0) is 17.3. The smallest absolute Gasteiger partial charge is 0.278 e. The summed E-state index contributed by atoms with van der Waals surface area (Å²) in [7, 11) is 1.60. The second kappa shape index (κ2) is 6.45. The Hall–Kier alpha value is -2.67. The minimum atomic E-state index is -0.495. The average molecular weight is 329 g/mol. The maximum Gasteiger partial charge on any atom is 0.278 e. The Labute approximate surface area is 139 Å². The number of rotatable bonds is 3. The Morgan fingerprint density at radius 2 is 2.17 bits per heavy atom. The molecule has 1 amide bonds. The van der Waals surface area contributed by atoms with E-state index in [4.69, 9.17) is 4.74 Å². The molecule has 0 spiro atoms. The van der Waals surface area contributed by atoms with Crippen molar-refractivity contribution in [3.05, 3.63) is 51.9 Å². The molecular formula is C17H19N3O4. The molecule has 7 nitrogen and oxygen atoms in total. The first-order chi connectivity index (χ1) is 11.5. The molecule has 2 aromatic rings. The van der Waals surface area contributed by atoms with Crippen LogP contribution < -0.4 is 5.56 Å². The van der Waals surface area contributed by atoms with Crippen molar-refractivity contribution >= 4 is 5.91 Å². The van der Waals surface area contributed by atoms with Crippen molar-refractivity contribution in [2.24, 2.45) is 0 Å². The van der Waals surface area contributed by atoms with Gasteiger partial charge in [0.1, 0.15) is 0 Å². The Kier molecular flexibility index (Phi) is 4.35. The van der Waals surface area contributed by atoms with Crippen LogP contribution in [0.25, 0.3) is 5.69 Å². The summed E-state index contributed by atoms with van der Waals surface area (Å²) in [5, 5.41) is 14.1. The van der Waals surface area contributed by atoms with Gasteiger partial charge in [-0.15, -0.1) is 0 Å². The standard InChI is InChI=1S/C17H19N3O4/c1-11-4-3-5-12(8-11)20-15(22)9-14(21)16(18-20)17(23)19-7-6-13(10-19)24-2/h3-5,8-9,13,21H,6-7,10H2,1-2H3. The molecule has 1 saturated heterocycles. The molecule has 1 aliphatic rings. The molecule has 1 unspecified atom stereocenters. The molecule has 1 aromatic carbocycles. The van der Waals surface area contributed by atoms with Crippen molar-refractivity contribution in [2.45, 2.75) is 19.4 Å². The normalized spacial score (nSPS) is 17.2. The van der Waals surface area contributed by atoms with E-state index in [1.54, 1.807) is 30.2 Å². The number of carbonyl (C=O) groups is 1. The predicted octanol–water partition coefficient (Wildman–Crippen LogP) is 1.11. The lowest BCUT2D eigenvalue weighted by molar-refractivity contribution is 0.0714. The minimum absolute atomic E-state index is 0.0150. The van der Waals surface area contributed by atoms with Crippen molar-refractivity contribution < 1.29 is 14.6 Å². The lowest BCUT2D eigenvalue weighted by atomic mass is 10.2. The second-order valence-electron chi connectivity index (χ2n) is 5.86. The zero-order valence-electron chi connectivity index (χ0n) is 13.6. The van der Waals surface area contributed by atoms with Crippen LogP contribution in [0.1, 0.15) is 22.5 Å². The molecule has 0 saturated carbocycles. The topological polar surface area (TPSA) is 84.7 Å². The second-order valence-corrected chi connectivity index (χ2v) is 5.86. The molecule has 7 heteroatoms. The zero-order valence-corrected chi connectivity index (χ0v) is 13.6. The maximum atomic E-state index is 12.6. The van der Waals surface area contributed by atoms with Gasteiger partial charge < -0.3 is 14.7 Å². The molecular weight excluding hydrogens is 310 g/mol. The predicted molar refractivity (Wildman–Crippen MR) is 87.6 cm³/mol. The first-order valence-corrected chi connectivity index (χ1v) is 7.72. The van der Waals surface area contributed by atoms with Gasteiger partial charge in [-0.2, -0.15) is 9.78 Å². The summed E-state index contributed by atoms with van der Waals surface area (Å²) in [6, 6.07) is 8.24. The van der Waals surface area contributed by atoms with Gasteiger partial charge in [0.15, 0.2) is 11.4 Å². The fourth-order valence-electron chi connectivity index (χ4n) is 2.80. The number of carbonyl (C=O) groups excluding carboxylic acids is 1. The highest BCUT2D eigenvalue weighted by atomic mass is 16.5. The Morgan fingerprint density at radius 3 is 2.83 bits per heavy atom. The van der Waals surface area contributed by atoms with Crippen molar-refractivity contribution in [3.8, 4) is 11.4 Å².